The van der Waals surface area contributed by atoms with Crippen LogP contribution in [0.25, 0.3) is 0 Å². The molecular weight excluding hydrogens is 344 g/mol. The SMILES string of the molecule is C[C@@H](NC(=O)C1(c2ccc3c(c2)OCCO3)CCCC1)C(=O)N1CCCC1. The number of likely N-dealkylation sites (tertiary alicyclic amines) is 1. The predicted molar refractivity (Wildman–Crippen MR) is 101 cm³/mol. The summed E-state index contributed by atoms with van der Waals surface area (Å²) >= 11 is 0. The minimum Gasteiger partial charge on any atom is -0.486 e. The number of carbonyl (C=O) groups is 2. The number of hydrogen-bond acceptors (Lipinski definition) is 4. The fourth-order valence-corrected chi connectivity index (χ4v) is 4.57. The molecule has 0 unspecified atom stereocenters. The van der Waals surface area contributed by atoms with Gasteiger partial charge in [0.1, 0.15) is 19.3 Å². The average molecular weight is 372 g/mol. The van der Waals surface area contributed by atoms with Crippen molar-refractivity contribution in [3.8, 4) is 11.5 Å². The molecule has 1 N–H and O–H groups in total. The Kier molecular flexibility index (Phi) is 4.98. The lowest BCUT2D eigenvalue weighted by molar-refractivity contribution is -0.136. The van der Waals surface area contributed by atoms with Crippen LogP contribution in [0.5, 0.6) is 11.5 Å². The van der Waals surface area contributed by atoms with Gasteiger partial charge in [-0.3, -0.25) is 9.59 Å². The molecule has 27 heavy (non-hydrogen) atoms. The van der Waals surface area contributed by atoms with E-state index < -0.39 is 11.5 Å². The molecule has 1 aromatic rings. The molecule has 0 spiro atoms. The second-order valence-corrected chi connectivity index (χ2v) is 7.88. The van der Waals surface area contributed by atoms with Crippen molar-refractivity contribution in [3.05, 3.63) is 23.8 Å². The van der Waals surface area contributed by atoms with Crippen LogP contribution in [0.1, 0.15) is 51.0 Å². The van der Waals surface area contributed by atoms with Crippen molar-refractivity contribution in [3.63, 3.8) is 0 Å². The minimum absolute atomic E-state index is 0.0242. The molecule has 0 bridgehead atoms. The number of amides is 2. The van der Waals surface area contributed by atoms with Crippen molar-refractivity contribution in [2.75, 3.05) is 26.3 Å². The number of nitrogens with zero attached hydrogens (tertiary/aromatic N) is 1. The van der Waals surface area contributed by atoms with E-state index in [1.165, 1.54) is 0 Å². The van der Waals surface area contributed by atoms with Crippen molar-refractivity contribution in [1.82, 2.24) is 10.2 Å². The molecule has 6 nitrogen and oxygen atoms in total. The van der Waals surface area contributed by atoms with E-state index in [-0.39, 0.29) is 11.8 Å². The summed E-state index contributed by atoms with van der Waals surface area (Å²) in [5.41, 5.74) is 0.373. The lowest BCUT2D eigenvalue weighted by atomic mass is 9.77. The molecule has 2 fully saturated rings. The molecule has 3 aliphatic rings. The lowest BCUT2D eigenvalue weighted by Crippen LogP contribution is -2.51. The fraction of sp³-hybridized carbons (Fsp3) is 0.619. The Labute approximate surface area is 160 Å². The van der Waals surface area contributed by atoms with Gasteiger partial charge >= 0.3 is 0 Å². The van der Waals surface area contributed by atoms with Crippen molar-refractivity contribution >= 4 is 11.8 Å². The topological polar surface area (TPSA) is 67.9 Å². The summed E-state index contributed by atoms with van der Waals surface area (Å²) in [6.07, 6.45) is 5.71. The summed E-state index contributed by atoms with van der Waals surface area (Å²) in [5.74, 6) is 1.42. The molecule has 6 heteroatoms. The molecule has 146 valence electrons. The third-order valence-electron chi connectivity index (χ3n) is 6.12. The Morgan fingerprint density at radius 3 is 2.41 bits per heavy atom. The van der Waals surface area contributed by atoms with Gasteiger partial charge in [-0.05, 0) is 50.3 Å². The monoisotopic (exact) mass is 372 g/mol. The van der Waals surface area contributed by atoms with Crippen LogP contribution in [0.2, 0.25) is 0 Å². The molecule has 2 aliphatic heterocycles. The molecule has 1 aromatic carbocycles. The van der Waals surface area contributed by atoms with Crippen LogP contribution in [-0.4, -0.2) is 49.1 Å². The first-order chi connectivity index (χ1) is 13.1. The van der Waals surface area contributed by atoms with E-state index in [0.29, 0.717) is 19.0 Å². The van der Waals surface area contributed by atoms with E-state index in [1.54, 1.807) is 6.92 Å². The van der Waals surface area contributed by atoms with Gasteiger partial charge in [-0.15, -0.1) is 0 Å². The Hall–Kier alpha value is -2.24. The lowest BCUT2D eigenvalue weighted by Gasteiger charge is -2.31. The third-order valence-corrected chi connectivity index (χ3v) is 6.12. The number of carbonyl (C=O) groups excluding carboxylic acids is 2. The summed E-state index contributed by atoms with van der Waals surface area (Å²) in [6.45, 7) is 4.47. The van der Waals surface area contributed by atoms with Crippen LogP contribution < -0.4 is 14.8 Å². The Balaban J connectivity index is 1.54. The number of ether oxygens (including phenoxy) is 2. The molecule has 1 atom stereocenters. The van der Waals surface area contributed by atoms with Gasteiger partial charge < -0.3 is 19.7 Å². The van der Waals surface area contributed by atoms with Gasteiger partial charge in [-0.2, -0.15) is 0 Å². The first-order valence-electron chi connectivity index (χ1n) is 10.1. The third kappa shape index (κ3) is 3.37. The van der Waals surface area contributed by atoms with Crippen LogP contribution in [0.4, 0.5) is 0 Å². The highest BCUT2D eigenvalue weighted by Gasteiger charge is 2.44. The predicted octanol–water partition coefficient (Wildman–Crippen LogP) is 2.40. The zero-order valence-electron chi connectivity index (χ0n) is 16.0. The van der Waals surface area contributed by atoms with E-state index >= 15 is 0 Å². The molecule has 2 amide bonds. The maximum Gasteiger partial charge on any atom is 0.244 e. The summed E-state index contributed by atoms with van der Waals surface area (Å²) in [5, 5.41) is 3.02. The summed E-state index contributed by atoms with van der Waals surface area (Å²) in [4.78, 5) is 27.8. The van der Waals surface area contributed by atoms with Gasteiger partial charge in [0.15, 0.2) is 11.5 Å². The van der Waals surface area contributed by atoms with Crippen LogP contribution in [0.15, 0.2) is 18.2 Å². The average Bonchev–Trinajstić information content (AvgIpc) is 3.39. The van der Waals surface area contributed by atoms with Crippen molar-refractivity contribution in [1.29, 1.82) is 0 Å². The van der Waals surface area contributed by atoms with Crippen LogP contribution in [0.3, 0.4) is 0 Å². The van der Waals surface area contributed by atoms with Crippen molar-refractivity contribution in [2.24, 2.45) is 0 Å². The number of hydrogen-bond donors (Lipinski definition) is 1. The van der Waals surface area contributed by atoms with Crippen LogP contribution in [0, 0.1) is 0 Å². The largest absolute Gasteiger partial charge is 0.486 e. The highest BCUT2D eigenvalue weighted by atomic mass is 16.6. The number of nitrogens with one attached hydrogen (secondary N) is 1. The second kappa shape index (κ2) is 7.41. The summed E-state index contributed by atoms with van der Waals surface area (Å²) in [6, 6.07) is 5.33. The molecular formula is C21H28N2O4. The van der Waals surface area contributed by atoms with Gasteiger partial charge in [-0.25, -0.2) is 0 Å². The highest BCUT2D eigenvalue weighted by molar-refractivity contribution is 5.93. The first kappa shape index (κ1) is 18.1. The zero-order chi connectivity index (χ0) is 18.9. The van der Waals surface area contributed by atoms with Crippen LogP contribution in [-0.2, 0) is 15.0 Å². The quantitative estimate of drug-likeness (QED) is 0.881. The minimum atomic E-state index is -0.588. The van der Waals surface area contributed by atoms with E-state index in [4.69, 9.17) is 9.47 Å². The van der Waals surface area contributed by atoms with E-state index in [9.17, 15) is 9.59 Å². The van der Waals surface area contributed by atoms with E-state index in [2.05, 4.69) is 5.32 Å². The molecule has 2 heterocycles. The van der Waals surface area contributed by atoms with Crippen molar-refractivity contribution in [2.45, 2.75) is 56.9 Å². The van der Waals surface area contributed by atoms with Crippen molar-refractivity contribution < 1.29 is 19.1 Å². The molecule has 4 rings (SSSR count). The molecule has 0 radical (unpaired) electrons. The highest BCUT2D eigenvalue weighted by Crippen LogP contribution is 2.44. The Morgan fingerprint density at radius 1 is 1.04 bits per heavy atom. The molecule has 0 aromatic heterocycles. The van der Waals surface area contributed by atoms with Gasteiger partial charge in [-0.1, -0.05) is 18.9 Å². The standard InChI is InChI=1S/C21H28N2O4/c1-15(19(24)23-10-4-5-11-23)22-20(25)21(8-2-3-9-21)16-6-7-17-18(14-16)27-13-12-26-17/h6-7,14-15H,2-5,8-13H2,1H3,(H,22,25)/t15-/m1/s1. The van der Waals surface area contributed by atoms with E-state index in [1.807, 2.05) is 23.1 Å². The number of rotatable bonds is 4. The summed E-state index contributed by atoms with van der Waals surface area (Å²) in [7, 11) is 0. The number of fused-ring (bicyclic) bond motifs is 1. The normalized spacial score (nSPS) is 21.7. The molecule has 1 saturated heterocycles. The van der Waals surface area contributed by atoms with Gasteiger partial charge in [0.25, 0.3) is 0 Å². The summed E-state index contributed by atoms with van der Waals surface area (Å²) < 4.78 is 11.3. The van der Waals surface area contributed by atoms with Gasteiger partial charge in [0, 0.05) is 13.1 Å². The Bertz CT molecular complexity index is 721. The van der Waals surface area contributed by atoms with Gasteiger partial charge in [0.05, 0.1) is 5.41 Å². The fourth-order valence-electron chi connectivity index (χ4n) is 4.57. The molecule has 1 saturated carbocycles. The zero-order valence-corrected chi connectivity index (χ0v) is 16.0. The first-order valence-corrected chi connectivity index (χ1v) is 10.1. The Morgan fingerprint density at radius 2 is 1.70 bits per heavy atom. The maximum atomic E-state index is 13.3. The number of benzene rings is 1. The van der Waals surface area contributed by atoms with Gasteiger partial charge in [0.2, 0.25) is 11.8 Å². The van der Waals surface area contributed by atoms with E-state index in [0.717, 1.165) is 62.9 Å². The maximum absolute atomic E-state index is 13.3. The second-order valence-electron chi connectivity index (χ2n) is 7.88. The van der Waals surface area contributed by atoms with Crippen LogP contribution >= 0.6 is 0 Å². The molecule has 1 aliphatic carbocycles. The smallest absolute Gasteiger partial charge is 0.244 e.